The molecule has 3 nitrogen and oxygen atoms in total. The summed E-state index contributed by atoms with van der Waals surface area (Å²) in [5.41, 5.74) is 0.225. The predicted molar refractivity (Wildman–Crippen MR) is 80.5 cm³/mol. The maximum atomic E-state index is 13.4. The molecule has 1 heterocycles. The molecule has 21 heavy (non-hydrogen) atoms. The molecule has 0 radical (unpaired) electrons. The fourth-order valence-corrected chi connectivity index (χ4v) is 2.49. The Morgan fingerprint density at radius 3 is 2.86 bits per heavy atom. The lowest BCUT2D eigenvalue weighted by Crippen LogP contribution is -2.33. The zero-order valence-corrected chi connectivity index (χ0v) is 12.6. The highest BCUT2D eigenvalue weighted by atomic mass is 35.5. The van der Waals surface area contributed by atoms with E-state index < -0.39 is 11.6 Å². The average Bonchev–Trinajstić information content (AvgIpc) is 2.43. The van der Waals surface area contributed by atoms with Crippen molar-refractivity contribution in [2.24, 2.45) is 5.92 Å². The molecule has 0 spiro atoms. The molecule has 1 aromatic carbocycles. The summed E-state index contributed by atoms with van der Waals surface area (Å²) < 4.78 is 26.1. The molecule has 1 aromatic rings. The summed E-state index contributed by atoms with van der Waals surface area (Å²) in [6.45, 7) is 2.68. The predicted octanol–water partition coefficient (Wildman–Crippen LogP) is 2.44. The highest BCUT2D eigenvalue weighted by molar-refractivity contribution is 5.85. The molecule has 0 saturated carbocycles. The van der Waals surface area contributed by atoms with Gasteiger partial charge < -0.3 is 10.6 Å². The van der Waals surface area contributed by atoms with E-state index in [1.807, 2.05) is 0 Å². The first kappa shape index (κ1) is 17.9. The second kappa shape index (κ2) is 8.95. The van der Waals surface area contributed by atoms with Crippen LogP contribution in [0.4, 0.5) is 8.78 Å². The van der Waals surface area contributed by atoms with Crippen molar-refractivity contribution in [1.29, 1.82) is 0 Å². The first-order valence-electron chi connectivity index (χ1n) is 7.06. The summed E-state index contributed by atoms with van der Waals surface area (Å²) in [4.78, 5) is 11.7. The van der Waals surface area contributed by atoms with E-state index in [1.165, 1.54) is 25.0 Å². The Morgan fingerprint density at radius 1 is 1.38 bits per heavy atom. The number of piperidine rings is 1. The topological polar surface area (TPSA) is 41.1 Å². The second-order valence-corrected chi connectivity index (χ2v) is 5.26. The smallest absolute Gasteiger partial charge is 0.224 e. The fourth-order valence-electron chi connectivity index (χ4n) is 2.49. The highest BCUT2D eigenvalue weighted by Gasteiger charge is 2.13. The summed E-state index contributed by atoms with van der Waals surface area (Å²) in [6, 6.07) is 3.28. The lowest BCUT2D eigenvalue weighted by atomic mass is 9.96. The van der Waals surface area contributed by atoms with Crippen molar-refractivity contribution in [3.63, 3.8) is 0 Å². The Kier molecular flexibility index (Phi) is 7.61. The second-order valence-electron chi connectivity index (χ2n) is 5.26. The van der Waals surface area contributed by atoms with Crippen molar-refractivity contribution < 1.29 is 13.6 Å². The molecule has 1 atom stereocenters. The molecule has 1 unspecified atom stereocenters. The van der Waals surface area contributed by atoms with E-state index in [9.17, 15) is 13.6 Å². The van der Waals surface area contributed by atoms with Gasteiger partial charge in [0.1, 0.15) is 11.6 Å². The van der Waals surface area contributed by atoms with E-state index in [4.69, 9.17) is 0 Å². The monoisotopic (exact) mass is 318 g/mol. The van der Waals surface area contributed by atoms with Gasteiger partial charge >= 0.3 is 0 Å². The van der Waals surface area contributed by atoms with Crippen LogP contribution in [-0.4, -0.2) is 25.5 Å². The van der Waals surface area contributed by atoms with E-state index in [2.05, 4.69) is 10.6 Å². The maximum Gasteiger partial charge on any atom is 0.224 e. The number of carbonyl (C=O) groups excluding carboxylic acids is 1. The minimum atomic E-state index is -0.670. The molecule has 2 N–H and O–H groups in total. The van der Waals surface area contributed by atoms with Crippen LogP contribution >= 0.6 is 12.4 Å². The van der Waals surface area contributed by atoms with Gasteiger partial charge in [-0.3, -0.25) is 4.79 Å². The van der Waals surface area contributed by atoms with Gasteiger partial charge in [0, 0.05) is 12.6 Å². The van der Waals surface area contributed by atoms with Gasteiger partial charge in [0.05, 0.1) is 6.42 Å². The van der Waals surface area contributed by atoms with E-state index >= 15 is 0 Å². The molecule has 0 aromatic heterocycles. The normalized spacial score (nSPS) is 17.9. The van der Waals surface area contributed by atoms with Crippen LogP contribution in [0.3, 0.4) is 0 Å². The number of hydrogen-bond acceptors (Lipinski definition) is 2. The van der Waals surface area contributed by atoms with E-state index in [1.54, 1.807) is 0 Å². The van der Waals surface area contributed by atoms with Crippen molar-refractivity contribution in [2.75, 3.05) is 19.6 Å². The molecule has 1 aliphatic rings. The zero-order chi connectivity index (χ0) is 14.4. The third-order valence-corrected chi connectivity index (χ3v) is 3.64. The minimum Gasteiger partial charge on any atom is -0.356 e. The van der Waals surface area contributed by atoms with Crippen molar-refractivity contribution >= 4 is 18.3 Å². The maximum absolute atomic E-state index is 13.4. The molecule has 2 rings (SSSR count). The molecule has 6 heteroatoms. The van der Waals surface area contributed by atoms with Gasteiger partial charge in [0.25, 0.3) is 0 Å². The standard InChI is InChI=1S/C15H20F2N2O.ClH/c16-13-4-3-12(14(17)9-13)8-15(20)19-7-5-11-2-1-6-18-10-11;/h3-4,9,11,18H,1-2,5-8,10H2,(H,19,20);1H. The third-order valence-electron chi connectivity index (χ3n) is 3.64. The van der Waals surface area contributed by atoms with Crippen molar-refractivity contribution in [3.8, 4) is 0 Å². The van der Waals surface area contributed by atoms with Crippen LogP contribution < -0.4 is 10.6 Å². The Balaban J connectivity index is 0.00000220. The zero-order valence-electron chi connectivity index (χ0n) is 11.8. The molecule has 1 aliphatic heterocycles. The van der Waals surface area contributed by atoms with Gasteiger partial charge in [-0.1, -0.05) is 6.07 Å². The summed E-state index contributed by atoms with van der Waals surface area (Å²) >= 11 is 0. The quantitative estimate of drug-likeness (QED) is 0.875. The van der Waals surface area contributed by atoms with Gasteiger partial charge in [0.15, 0.2) is 0 Å². The number of carbonyl (C=O) groups is 1. The average molecular weight is 319 g/mol. The molecular formula is C15H21ClF2N2O. The van der Waals surface area contributed by atoms with Crippen LogP contribution in [0.1, 0.15) is 24.8 Å². The molecular weight excluding hydrogens is 298 g/mol. The van der Waals surface area contributed by atoms with Gasteiger partial charge in [-0.25, -0.2) is 8.78 Å². The van der Waals surface area contributed by atoms with E-state index in [0.29, 0.717) is 12.5 Å². The molecule has 1 amide bonds. The van der Waals surface area contributed by atoms with Crippen LogP contribution in [-0.2, 0) is 11.2 Å². The van der Waals surface area contributed by atoms with Gasteiger partial charge in [-0.2, -0.15) is 0 Å². The summed E-state index contributed by atoms with van der Waals surface area (Å²) in [5, 5.41) is 6.12. The SMILES string of the molecule is Cl.O=C(Cc1ccc(F)cc1F)NCCC1CCCNC1. The molecule has 1 saturated heterocycles. The largest absolute Gasteiger partial charge is 0.356 e. The lowest BCUT2D eigenvalue weighted by Gasteiger charge is -2.22. The van der Waals surface area contributed by atoms with E-state index in [-0.39, 0.29) is 30.3 Å². The number of nitrogens with one attached hydrogen (secondary N) is 2. The van der Waals surface area contributed by atoms with Crippen LogP contribution in [0, 0.1) is 17.6 Å². The Bertz CT molecular complexity index is 465. The fraction of sp³-hybridized carbons (Fsp3) is 0.533. The summed E-state index contributed by atoms with van der Waals surface area (Å²) in [5.74, 6) is -0.918. The van der Waals surface area contributed by atoms with Crippen molar-refractivity contribution in [1.82, 2.24) is 10.6 Å². The number of halogens is 3. The Hall–Kier alpha value is -1.20. The molecule has 1 fully saturated rings. The number of hydrogen-bond donors (Lipinski definition) is 2. The van der Waals surface area contributed by atoms with Gasteiger partial charge in [-0.15, -0.1) is 12.4 Å². The Labute approximate surface area is 129 Å². The van der Waals surface area contributed by atoms with Crippen LogP contribution in [0.25, 0.3) is 0 Å². The first-order valence-corrected chi connectivity index (χ1v) is 7.06. The van der Waals surface area contributed by atoms with Crippen LogP contribution in [0.2, 0.25) is 0 Å². The highest BCUT2D eigenvalue weighted by Crippen LogP contribution is 2.13. The first-order chi connectivity index (χ1) is 9.65. The summed E-state index contributed by atoms with van der Waals surface area (Å²) in [6.07, 6.45) is 3.26. The molecule has 0 bridgehead atoms. The summed E-state index contributed by atoms with van der Waals surface area (Å²) in [7, 11) is 0. The van der Waals surface area contributed by atoms with Gasteiger partial charge in [-0.05, 0) is 49.9 Å². The van der Waals surface area contributed by atoms with Crippen molar-refractivity contribution in [3.05, 3.63) is 35.4 Å². The third kappa shape index (κ3) is 5.98. The number of rotatable bonds is 5. The minimum absolute atomic E-state index is 0. The van der Waals surface area contributed by atoms with E-state index in [0.717, 1.165) is 25.6 Å². The van der Waals surface area contributed by atoms with Crippen LogP contribution in [0.5, 0.6) is 0 Å². The molecule has 0 aliphatic carbocycles. The Morgan fingerprint density at radius 2 is 2.19 bits per heavy atom. The van der Waals surface area contributed by atoms with Gasteiger partial charge in [0.2, 0.25) is 5.91 Å². The number of benzene rings is 1. The van der Waals surface area contributed by atoms with Crippen molar-refractivity contribution in [2.45, 2.75) is 25.7 Å². The molecule has 118 valence electrons. The lowest BCUT2D eigenvalue weighted by molar-refractivity contribution is -0.120. The number of amides is 1. The van der Waals surface area contributed by atoms with Crippen LogP contribution in [0.15, 0.2) is 18.2 Å².